The van der Waals surface area contributed by atoms with Crippen LogP contribution in [0.4, 0.5) is 5.82 Å². The number of hydrogen-bond acceptors (Lipinski definition) is 5. The van der Waals surface area contributed by atoms with E-state index in [2.05, 4.69) is 15.6 Å². The van der Waals surface area contributed by atoms with E-state index in [4.69, 9.17) is 9.47 Å². The van der Waals surface area contributed by atoms with Gasteiger partial charge in [-0.3, -0.25) is 9.59 Å². The summed E-state index contributed by atoms with van der Waals surface area (Å²) in [5.74, 6) is 1.18. The SMILES string of the molecule is Cc1ccc(NC(=O)CCNC(=O)c2ccc3c(c2)OCO3)nc1. The van der Waals surface area contributed by atoms with Crippen molar-refractivity contribution in [1.29, 1.82) is 0 Å². The van der Waals surface area contributed by atoms with Crippen molar-refractivity contribution in [2.45, 2.75) is 13.3 Å². The Labute approximate surface area is 139 Å². The Morgan fingerprint density at radius 3 is 2.79 bits per heavy atom. The summed E-state index contributed by atoms with van der Waals surface area (Å²) in [5, 5.41) is 5.38. The fourth-order valence-corrected chi connectivity index (χ4v) is 2.18. The second-order valence-corrected chi connectivity index (χ2v) is 5.34. The minimum absolute atomic E-state index is 0.159. The molecule has 0 radical (unpaired) electrons. The summed E-state index contributed by atoms with van der Waals surface area (Å²) in [5.41, 5.74) is 1.48. The number of ether oxygens (including phenoxy) is 2. The molecular weight excluding hydrogens is 310 g/mol. The zero-order chi connectivity index (χ0) is 16.9. The molecule has 0 bridgehead atoms. The Bertz CT molecular complexity index is 759. The number of amides is 2. The number of anilines is 1. The highest BCUT2D eigenvalue weighted by atomic mass is 16.7. The van der Waals surface area contributed by atoms with Gasteiger partial charge in [0.2, 0.25) is 12.7 Å². The van der Waals surface area contributed by atoms with Crippen molar-refractivity contribution in [3.8, 4) is 11.5 Å². The van der Waals surface area contributed by atoms with E-state index >= 15 is 0 Å². The van der Waals surface area contributed by atoms with Crippen LogP contribution in [0.15, 0.2) is 36.5 Å². The molecular formula is C17H17N3O4. The van der Waals surface area contributed by atoms with Gasteiger partial charge in [0.25, 0.3) is 5.91 Å². The third-order valence-corrected chi connectivity index (χ3v) is 3.45. The number of hydrogen-bond donors (Lipinski definition) is 2. The molecule has 24 heavy (non-hydrogen) atoms. The molecule has 1 aliphatic heterocycles. The van der Waals surface area contributed by atoms with Crippen molar-refractivity contribution >= 4 is 17.6 Å². The minimum atomic E-state index is -0.269. The first kappa shape index (κ1) is 15.8. The molecule has 3 rings (SSSR count). The van der Waals surface area contributed by atoms with E-state index in [0.29, 0.717) is 22.9 Å². The molecule has 0 saturated heterocycles. The fourth-order valence-electron chi connectivity index (χ4n) is 2.18. The first-order valence-electron chi connectivity index (χ1n) is 7.52. The molecule has 0 spiro atoms. The zero-order valence-corrected chi connectivity index (χ0v) is 13.2. The van der Waals surface area contributed by atoms with Crippen LogP contribution in [0.5, 0.6) is 11.5 Å². The van der Waals surface area contributed by atoms with Gasteiger partial charge in [0.05, 0.1) is 0 Å². The average Bonchev–Trinajstić information content (AvgIpc) is 3.04. The standard InChI is InChI=1S/C17H17N3O4/c1-11-2-5-15(19-9-11)20-16(21)6-7-18-17(22)12-3-4-13-14(8-12)24-10-23-13/h2-5,8-9H,6-7,10H2,1H3,(H,18,22)(H,19,20,21). The van der Waals surface area contributed by atoms with Crippen LogP contribution >= 0.6 is 0 Å². The first-order valence-corrected chi connectivity index (χ1v) is 7.52. The van der Waals surface area contributed by atoms with Gasteiger partial charge in [0, 0.05) is 24.7 Å². The van der Waals surface area contributed by atoms with Crippen molar-refractivity contribution in [3.05, 3.63) is 47.7 Å². The Morgan fingerprint density at radius 1 is 1.17 bits per heavy atom. The van der Waals surface area contributed by atoms with E-state index in [1.165, 1.54) is 0 Å². The zero-order valence-electron chi connectivity index (χ0n) is 13.2. The molecule has 0 fully saturated rings. The summed E-state index contributed by atoms with van der Waals surface area (Å²) in [7, 11) is 0. The van der Waals surface area contributed by atoms with E-state index in [9.17, 15) is 9.59 Å². The molecule has 2 amide bonds. The smallest absolute Gasteiger partial charge is 0.251 e. The third-order valence-electron chi connectivity index (χ3n) is 3.45. The predicted molar refractivity (Wildman–Crippen MR) is 87.1 cm³/mol. The summed E-state index contributed by atoms with van der Waals surface area (Å²) in [6.45, 7) is 2.31. The van der Waals surface area contributed by atoms with Gasteiger partial charge < -0.3 is 20.1 Å². The third kappa shape index (κ3) is 3.81. The van der Waals surface area contributed by atoms with Gasteiger partial charge in [0.15, 0.2) is 11.5 Å². The van der Waals surface area contributed by atoms with Crippen LogP contribution in [-0.2, 0) is 4.79 Å². The summed E-state index contributed by atoms with van der Waals surface area (Å²) >= 11 is 0. The van der Waals surface area contributed by atoms with Crippen molar-refractivity contribution in [2.24, 2.45) is 0 Å². The van der Waals surface area contributed by atoms with Crippen LogP contribution in [0, 0.1) is 6.92 Å². The number of fused-ring (bicyclic) bond motifs is 1. The molecule has 1 aliphatic rings. The molecule has 0 saturated carbocycles. The first-order chi connectivity index (χ1) is 11.6. The van der Waals surface area contributed by atoms with Gasteiger partial charge in [0.1, 0.15) is 5.82 Å². The number of pyridine rings is 1. The van der Waals surface area contributed by atoms with Crippen LogP contribution in [0.25, 0.3) is 0 Å². The Morgan fingerprint density at radius 2 is 2.00 bits per heavy atom. The highest BCUT2D eigenvalue weighted by Gasteiger charge is 2.16. The minimum Gasteiger partial charge on any atom is -0.454 e. The van der Waals surface area contributed by atoms with Gasteiger partial charge in [-0.25, -0.2) is 4.98 Å². The van der Waals surface area contributed by atoms with Gasteiger partial charge in [-0.15, -0.1) is 0 Å². The highest BCUT2D eigenvalue weighted by molar-refractivity contribution is 5.95. The van der Waals surface area contributed by atoms with E-state index in [1.54, 1.807) is 30.5 Å². The second kappa shape index (κ2) is 6.99. The molecule has 2 aromatic rings. The molecule has 0 aliphatic carbocycles. The molecule has 7 heteroatoms. The lowest BCUT2D eigenvalue weighted by Crippen LogP contribution is -2.27. The monoisotopic (exact) mass is 327 g/mol. The number of carbonyl (C=O) groups is 2. The number of aromatic nitrogens is 1. The van der Waals surface area contributed by atoms with Crippen LogP contribution in [-0.4, -0.2) is 30.1 Å². The normalized spacial score (nSPS) is 11.9. The van der Waals surface area contributed by atoms with Crippen LogP contribution in [0.3, 0.4) is 0 Å². The molecule has 2 heterocycles. The predicted octanol–water partition coefficient (Wildman–Crippen LogP) is 1.88. The van der Waals surface area contributed by atoms with Gasteiger partial charge >= 0.3 is 0 Å². The van der Waals surface area contributed by atoms with Crippen molar-refractivity contribution < 1.29 is 19.1 Å². The van der Waals surface area contributed by atoms with Gasteiger partial charge in [-0.1, -0.05) is 6.07 Å². The Balaban J connectivity index is 1.46. The largest absolute Gasteiger partial charge is 0.454 e. The lowest BCUT2D eigenvalue weighted by Gasteiger charge is -2.07. The molecule has 7 nitrogen and oxygen atoms in total. The molecule has 0 unspecified atom stereocenters. The van der Waals surface area contributed by atoms with Crippen molar-refractivity contribution in [3.63, 3.8) is 0 Å². The average molecular weight is 327 g/mol. The maximum atomic E-state index is 12.1. The second-order valence-electron chi connectivity index (χ2n) is 5.34. The van der Waals surface area contributed by atoms with E-state index in [-0.39, 0.29) is 31.6 Å². The summed E-state index contributed by atoms with van der Waals surface area (Å²) in [4.78, 5) is 28.0. The van der Waals surface area contributed by atoms with Crippen LogP contribution in [0.2, 0.25) is 0 Å². The molecule has 0 atom stereocenters. The lowest BCUT2D eigenvalue weighted by atomic mass is 10.2. The van der Waals surface area contributed by atoms with Crippen molar-refractivity contribution in [1.82, 2.24) is 10.3 Å². The molecule has 124 valence electrons. The number of rotatable bonds is 5. The lowest BCUT2D eigenvalue weighted by molar-refractivity contribution is -0.116. The van der Waals surface area contributed by atoms with Gasteiger partial charge in [-0.2, -0.15) is 0 Å². The maximum Gasteiger partial charge on any atom is 0.251 e. The summed E-state index contributed by atoms with van der Waals surface area (Å²) in [6.07, 6.45) is 1.84. The number of nitrogens with zero attached hydrogens (tertiary/aromatic N) is 1. The number of carbonyl (C=O) groups excluding carboxylic acids is 2. The van der Waals surface area contributed by atoms with Crippen molar-refractivity contribution in [2.75, 3.05) is 18.7 Å². The number of benzene rings is 1. The maximum absolute atomic E-state index is 12.1. The van der Waals surface area contributed by atoms with E-state index in [1.807, 2.05) is 13.0 Å². The van der Waals surface area contributed by atoms with E-state index < -0.39 is 0 Å². The molecule has 2 N–H and O–H groups in total. The Hall–Kier alpha value is -3.09. The number of nitrogens with one attached hydrogen (secondary N) is 2. The highest BCUT2D eigenvalue weighted by Crippen LogP contribution is 2.32. The molecule has 1 aromatic carbocycles. The fraction of sp³-hybridized carbons (Fsp3) is 0.235. The number of aryl methyl sites for hydroxylation is 1. The quantitative estimate of drug-likeness (QED) is 0.875. The Kier molecular flexibility index (Phi) is 4.60. The summed E-state index contributed by atoms with van der Waals surface area (Å²) in [6, 6.07) is 8.56. The molecule has 1 aromatic heterocycles. The topological polar surface area (TPSA) is 89.6 Å². The van der Waals surface area contributed by atoms with Crippen LogP contribution < -0.4 is 20.1 Å². The van der Waals surface area contributed by atoms with Gasteiger partial charge in [-0.05, 0) is 36.8 Å². The van der Waals surface area contributed by atoms with Crippen LogP contribution in [0.1, 0.15) is 22.3 Å². The summed E-state index contributed by atoms with van der Waals surface area (Å²) < 4.78 is 10.4. The van der Waals surface area contributed by atoms with E-state index in [0.717, 1.165) is 5.56 Å².